The van der Waals surface area contributed by atoms with Gasteiger partial charge in [-0.25, -0.2) is 4.79 Å². The summed E-state index contributed by atoms with van der Waals surface area (Å²) < 4.78 is 0. The minimum atomic E-state index is -1.29. The molecule has 0 atom stereocenters. The third-order valence-electron chi connectivity index (χ3n) is 2.04. The standard InChI is InChI=1S/C9H8N4O6/c1-5(9(14)15)10-11-7-3-2-6(12(16)17)4-8(7)13(18)19/h2-4,11H,1H3,(H,14,15)/b10-5-. The number of non-ortho nitro benzene ring substituents is 1. The smallest absolute Gasteiger partial charge is 0.351 e. The number of carboxylic acids is 1. The maximum Gasteiger partial charge on any atom is 0.351 e. The number of nitrogens with zero attached hydrogens (tertiary/aromatic N) is 3. The lowest BCUT2D eigenvalue weighted by molar-refractivity contribution is -0.393. The number of carboxylic acid groups (broad SMARTS) is 1. The van der Waals surface area contributed by atoms with Gasteiger partial charge in [-0.1, -0.05) is 0 Å². The fourth-order valence-electron chi connectivity index (χ4n) is 1.07. The van der Waals surface area contributed by atoms with Gasteiger partial charge in [-0.2, -0.15) is 5.10 Å². The SMILES string of the molecule is C/C(=N/Nc1ccc([N+](=O)[O-])cc1[N+](=O)[O-])C(=O)O. The molecule has 0 heterocycles. The molecule has 10 nitrogen and oxygen atoms in total. The van der Waals surface area contributed by atoms with Crippen LogP contribution in [0.2, 0.25) is 0 Å². The number of carbonyl (C=O) groups is 1. The molecule has 19 heavy (non-hydrogen) atoms. The van der Waals surface area contributed by atoms with Crippen molar-refractivity contribution in [2.45, 2.75) is 6.92 Å². The van der Waals surface area contributed by atoms with Crippen molar-refractivity contribution in [3.63, 3.8) is 0 Å². The molecule has 0 saturated heterocycles. The van der Waals surface area contributed by atoms with Crippen LogP contribution in [-0.4, -0.2) is 26.6 Å². The number of benzene rings is 1. The molecule has 100 valence electrons. The molecule has 0 saturated carbocycles. The van der Waals surface area contributed by atoms with Crippen LogP contribution in [0.4, 0.5) is 17.1 Å². The molecule has 0 fully saturated rings. The van der Waals surface area contributed by atoms with Crippen LogP contribution < -0.4 is 5.43 Å². The topological polar surface area (TPSA) is 148 Å². The van der Waals surface area contributed by atoms with Gasteiger partial charge in [0.1, 0.15) is 11.4 Å². The summed E-state index contributed by atoms with van der Waals surface area (Å²) in [6, 6.07) is 2.88. The van der Waals surface area contributed by atoms with Crippen molar-refractivity contribution in [1.29, 1.82) is 0 Å². The van der Waals surface area contributed by atoms with E-state index in [1.165, 1.54) is 6.92 Å². The minimum Gasteiger partial charge on any atom is -0.477 e. The maximum absolute atomic E-state index is 10.8. The van der Waals surface area contributed by atoms with Crippen LogP contribution in [-0.2, 0) is 4.79 Å². The van der Waals surface area contributed by atoms with Gasteiger partial charge in [0.05, 0.1) is 15.9 Å². The molecule has 2 N–H and O–H groups in total. The van der Waals surface area contributed by atoms with Crippen LogP contribution in [0.15, 0.2) is 23.3 Å². The van der Waals surface area contributed by atoms with E-state index in [2.05, 4.69) is 10.5 Å². The molecule has 1 aromatic carbocycles. The second-order valence-corrected chi connectivity index (χ2v) is 3.33. The van der Waals surface area contributed by atoms with E-state index in [-0.39, 0.29) is 11.4 Å². The lowest BCUT2D eigenvalue weighted by Crippen LogP contribution is -2.10. The molecule has 0 aromatic heterocycles. The van der Waals surface area contributed by atoms with Gasteiger partial charge in [-0.15, -0.1) is 0 Å². The van der Waals surface area contributed by atoms with Gasteiger partial charge < -0.3 is 5.11 Å². The van der Waals surface area contributed by atoms with Crippen LogP contribution >= 0.6 is 0 Å². The predicted molar refractivity (Wildman–Crippen MR) is 64.1 cm³/mol. The number of hydrogen-bond acceptors (Lipinski definition) is 7. The first kappa shape index (κ1) is 14.0. The summed E-state index contributed by atoms with van der Waals surface area (Å²) in [6.07, 6.45) is 0. The zero-order valence-corrected chi connectivity index (χ0v) is 9.56. The highest BCUT2D eigenvalue weighted by molar-refractivity contribution is 6.34. The Hall–Kier alpha value is -3.04. The number of nitrogens with one attached hydrogen (secondary N) is 1. The largest absolute Gasteiger partial charge is 0.477 e. The van der Waals surface area contributed by atoms with E-state index in [1.807, 2.05) is 0 Å². The van der Waals surface area contributed by atoms with Gasteiger partial charge in [0.15, 0.2) is 0 Å². The molecule has 0 bridgehead atoms. The Kier molecular flexibility index (Phi) is 4.08. The first-order chi connectivity index (χ1) is 8.82. The molecule has 10 heteroatoms. The van der Waals surface area contributed by atoms with Crippen molar-refractivity contribution in [3.05, 3.63) is 38.4 Å². The van der Waals surface area contributed by atoms with Crippen molar-refractivity contribution < 1.29 is 19.7 Å². The zero-order chi connectivity index (χ0) is 14.6. The van der Waals surface area contributed by atoms with Crippen molar-refractivity contribution >= 4 is 28.7 Å². The van der Waals surface area contributed by atoms with Crippen molar-refractivity contribution in [3.8, 4) is 0 Å². The molecule has 1 rings (SSSR count). The summed E-state index contributed by atoms with van der Waals surface area (Å²) in [6.45, 7) is 1.19. The van der Waals surface area contributed by atoms with Crippen molar-refractivity contribution in [2.24, 2.45) is 5.10 Å². The summed E-state index contributed by atoms with van der Waals surface area (Å²) in [5, 5.41) is 33.2. The number of aliphatic carboxylic acids is 1. The van der Waals surface area contributed by atoms with E-state index in [9.17, 15) is 25.0 Å². The summed E-state index contributed by atoms with van der Waals surface area (Å²) in [4.78, 5) is 30.1. The van der Waals surface area contributed by atoms with Gasteiger partial charge in [0.2, 0.25) is 0 Å². The lowest BCUT2D eigenvalue weighted by Gasteiger charge is -2.02. The minimum absolute atomic E-state index is 0.142. The van der Waals surface area contributed by atoms with Gasteiger partial charge in [-0.3, -0.25) is 25.7 Å². The fraction of sp³-hybridized carbons (Fsp3) is 0.111. The van der Waals surface area contributed by atoms with Gasteiger partial charge >= 0.3 is 11.7 Å². The molecule has 1 aromatic rings. The van der Waals surface area contributed by atoms with E-state index in [4.69, 9.17) is 5.11 Å². The molecule has 0 aliphatic carbocycles. The second-order valence-electron chi connectivity index (χ2n) is 3.33. The van der Waals surface area contributed by atoms with Gasteiger partial charge in [0, 0.05) is 6.07 Å². The van der Waals surface area contributed by atoms with E-state index >= 15 is 0 Å². The van der Waals surface area contributed by atoms with Crippen molar-refractivity contribution in [2.75, 3.05) is 5.43 Å². The Bertz CT molecular complexity index is 582. The highest BCUT2D eigenvalue weighted by atomic mass is 16.6. The molecule has 0 radical (unpaired) electrons. The van der Waals surface area contributed by atoms with Crippen LogP contribution in [0.5, 0.6) is 0 Å². The summed E-state index contributed by atoms with van der Waals surface area (Å²) in [5.74, 6) is -1.29. The molecular formula is C9H8N4O6. The summed E-state index contributed by atoms with van der Waals surface area (Å²) >= 11 is 0. The normalized spacial score (nSPS) is 10.9. The molecule has 0 aliphatic heterocycles. The molecule has 0 aliphatic rings. The van der Waals surface area contributed by atoms with E-state index in [0.29, 0.717) is 0 Å². The third kappa shape index (κ3) is 3.46. The van der Waals surface area contributed by atoms with Crippen molar-refractivity contribution in [1.82, 2.24) is 0 Å². The summed E-state index contributed by atoms with van der Waals surface area (Å²) in [7, 11) is 0. The molecular weight excluding hydrogens is 260 g/mol. The van der Waals surface area contributed by atoms with Crippen LogP contribution in [0.1, 0.15) is 6.92 Å². The second kappa shape index (κ2) is 5.53. The average Bonchev–Trinajstić information content (AvgIpc) is 2.35. The first-order valence-corrected chi connectivity index (χ1v) is 4.79. The number of nitro groups is 2. The molecule has 0 spiro atoms. The Morgan fingerprint density at radius 2 is 1.95 bits per heavy atom. The Labute approximate surface area is 105 Å². The molecule has 0 unspecified atom stereocenters. The van der Waals surface area contributed by atoms with Crippen LogP contribution in [0.3, 0.4) is 0 Å². The first-order valence-electron chi connectivity index (χ1n) is 4.79. The Morgan fingerprint density at radius 3 is 2.42 bits per heavy atom. The third-order valence-corrected chi connectivity index (χ3v) is 2.04. The maximum atomic E-state index is 10.8. The monoisotopic (exact) mass is 268 g/mol. The number of hydrogen-bond donors (Lipinski definition) is 2. The predicted octanol–water partition coefficient (Wildman–Crippen LogP) is 1.38. The van der Waals surface area contributed by atoms with Crippen LogP contribution in [0, 0.1) is 20.2 Å². The van der Waals surface area contributed by atoms with E-state index in [1.54, 1.807) is 0 Å². The van der Waals surface area contributed by atoms with E-state index in [0.717, 1.165) is 18.2 Å². The number of anilines is 1. The van der Waals surface area contributed by atoms with Gasteiger partial charge in [-0.05, 0) is 13.0 Å². The number of hydrazone groups is 1. The van der Waals surface area contributed by atoms with Gasteiger partial charge in [0.25, 0.3) is 5.69 Å². The van der Waals surface area contributed by atoms with E-state index < -0.39 is 27.2 Å². The van der Waals surface area contributed by atoms with Crippen LogP contribution in [0.25, 0.3) is 0 Å². The Morgan fingerprint density at radius 1 is 1.32 bits per heavy atom. The quantitative estimate of drug-likeness (QED) is 0.465. The number of rotatable bonds is 5. The Balaban J connectivity index is 3.14. The number of nitro benzene ring substituents is 2. The highest BCUT2D eigenvalue weighted by Gasteiger charge is 2.19. The lowest BCUT2D eigenvalue weighted by atomic mass is 10.2. The highest BCUT2D eigenvalue weighted by Crippen LogP contribution is 2.28. The molecule has 0 amide bonds. The fourth-order valence-corrected chi connectivity index (χ4v) is 1.07. The zero-order valence-electron chi connectivity index (χ0n) is 9.56. The summed E-state index contributed by atoms with van der Waals surface area (Å²) in [5.41, 5.74) is 0.709. The average molecular weight is 268 g/mol.